The van der Waals surface area contributed by atoms with E-state index < -0.39 is 15.5 Å². The number of phenolic OH excluding ortho intramolecular Hbond substituents is 1. The van der Waals surface area contributed by atoms with Gasteiger partial charge in [0.15, 0.2) is 0 Å². The highest BCUT2D eigenvalue weighted by atomic mass is 16.6. The molecular formula is C19H15N5O5. The van der Waals surface area contributed by atoms with E-state index in [9.17, 15) is 25.3 Å². The number of nitrogens with one attached hydrogen (secondary N) is 1. The van der Waals surface area contributed by atoms with Crippen molar-refractivity contribution >= 4 is 34.1 Å². The second-order valence-corrected chi connectivity index (χ2v) is 6.06. The van der Waals surface area contributed by atoms with E-state index in [1.165, 1.54) is 18.2 Å². The first kappa shape index (κ1) is 19.4. The van der Waals surface area contributed by atoms with E-state index in [4.69, 9.17) is 0 Å². The van der Waals surface area contributed by atoms with Crippen molar-refractivity contribution in [1.29, 1.82) is 0 Å². The van der Waals surface area contributed by atoms with Gasteiger partial charge in [-0.1, -0.05) is 0 Å². The third-order valence-corrected chi connectivity index (χ3v) is 4.00. The van der Waals surface area contributed by atoms with Gasteiger partial charge in [-0.15, -0.1) is 0 Å². The number of aromatic hydroxyl groups is 1. The van der Waals surface area contributed by atoms with Gasteiger partial charge in [-0.05, 0) is 61.0 Å². The summed E-state index contributed by atoms with van der Waals surface area (Å²) in [4.78, 5) is 20.6. The smallest absolute Gasteiger partial charge is 0.299 e. The number of aryl methyl sites for hydroxylation is 1. The average molecular weight is 393 g/mol. The van der Waals surface area contributed by atoms with Gasteiger partial charge in [0.05, 0.1) is 27.3 Å². The summed E-state index contributed by atoms with van der Waals surface area (Å²) in [6.07, 6.45) is 0. The highest BCUT2D eigenvalue weighted by Gasteiger charge is 2.19. The van der Waals surface area contributed by atoms with E-state index in [-0.39, 0.29) is 17.1 Å². The van der Waals surface area contributed by atoms with Gasteiger partial charge in [0.2, 0.25) is 0 Å². The SMILES string of the molecule is Cc1cc(N=Nc2ccc(Nc3ccc([N+](=O)[O-])cc3[N+](=O)[O-])cc2)ccc1O. The number of phenols is 1. The molecule has 146 valence electrons. The number of nitro groups is 2. The third kappa shape index (κ3) is 4.69. The quantitative estimate of drug-likeness (QED) is 0.313. The Labute approximate surface area is 164 Å². The molecule has 29 heavy (non-hydrogen) atoms. The zero-order valence-corrected chi connectivity index (χ0v) is 15.1. The Balaban J connectivity index is 1.77. The number of azo groups is 1. The molecule has 0 unspecified atom stereocenters. The van der Waals surface area contributed by atoms with Crippen molar-refractivity contribution in [3.05, 3.63) is 86.5 Å². The normalized spacial score (nSPS) is 10.8. The molecule has 3 aromatic rings. The van der Waals surface area contributed by atoms with Crippen LogP contribution in [-0.2, 0) is 0 Å². The minimum absolute atomic E-state index is 0.134. The summed E-state index contributed by atoms with van der Waals surface area (Å²) in [5.74, 6) is 0.180. The van der Waals surface area contributed by atoms with Gasteiger partial charge in [0.1, 0.15) is 11.4 Å². The third-order valence-electron chi connectivity index (χ3n) is 4.00. The van der Waals surface area contributed by atoms with Gasteiger partial charge in [0.25, 0.3) is 11.4 Å². The first-order valence-corrected chi connectivity index (χ1v) is 8.35. The summed E-state index contributed by atoms with van der Waals surface area (Å²) in [6, 6.07) is 14.9. The number of rotatable bonds is 6. The summed E-state index contributed by atoms with van der Waals surface area (Å²) >= 11 is 0. The summed E-state index contributed by atoms with van der Waals surface area (Å²) < 4.78 is 0. The van der Waals surface area contributed by atoms with Crippen LogP contribution in [0.25, 0.3) is 0 Å². The fraction of sp³-hybridized carbons (Fsp3) is 0.0526. The highest BCUT2D eigenvalue weighted by Crippen LogP contribution is 2.32. The second-order valence-electron chi connectivity index (χ2n) is 6.06. The molecule has 0 saturated heterocycles. The number of nitrogens with zero attached hydrogens (tertiary/aromatic N) is 4. The van der Waals surface area contributed by atoms with Crippen molar-refractivity contribution in [3.63, 3.8) is 0 Å². The van der Waals surface area contributed by atoms with Crippen LogP contribution in [0.2, 0.25) is 0 Å². The molecule has 0 amide bonds. The Hall–Kier alpha value is -4.34. The maximum atomic E-state index is 11.2. The Kier molecular flexibility index (Phi) is 5.44. The van der Waals surface area contributed by atoms with Crippen molar-refractivity contribution in [3.8, 4) is 5.75 Å². The van der Waals surface area contributed by atoms with Crippen molar-refractivity contribution in [2.24, 2.45) is 10.2 Å². The molecule has 0 aromatic heterocycles. The lowest BCUT2D eigenvalue weighted by molar-refractivity contribution is -0.393. The number of hydrogen-bond donors (Lipinski definition) is 2. The zero-order valence-electron chi connectivity index (χ0n) is 15.1. The molecule has 0 heterocycles. The maximum Gasteiger partial charge on any atom is 0.299 e. The Morgan fingerprint density at radius 3 is 2.14 bits per heavy atom. The van der Waals surface area contributed by atoms with Crippen molar-refractivity contribution in [2.45, 2.75) is 6.92 Å². The van der Waals surface area contributed by atoms with Crippen LogP contribution in [0.3, 0.4) is 0 Å². The first-order chi connectivity index (χ1) is 13.8. The van der Waals surface area contributed by atoms with Gasteiger partial charge in [0, 0.05) is 11.8 Å². The molecule has 10 nitrogen and oxygen atoms in total. The molecule has 0 saturated carbocycles. The molecule has 0 aliphatic heterocycles. The monoisotopic (exact) mass is 393 g/mol. The Bertz CT molecular complexity index is 1110. The maximum absolute atomic E-state index is 11.2. The lowest BCUT2D eigenvalue weighted by atomic mass is 10.2. The van der Waals surface area contributed by atoms with E-state index >= 15 is 0 Å². The predicted molar refractivity (Wildman–Crippen MR) is 106 cm³/mol. The molecule has 3 rings (SSSR count). The fourth-order valence-corrected chi connectivity index (χ4v) is 2.47. The molecule has 0 aliphatic rings. The van der Waals surface area contributed by atoms with Gasteiger partial charge < -0.3 is 10.4 Å². The molecule has 0 aliphatic carbocycles. The number of nitro benzene ring substituents is 2. The van der Waals surface area contributed by atoms with E-state index in [1.54, 1.807) is 43.3 Å². The summed E-state index contributed by atoms with van der Waals surface area (Å²) in [5, 5.41) is 42.6. The van der Waals surface area contributed by atoms with Crippen LogP contribution in [-0.4, -0.2) is 15.0 Å². The highest BCUT2D eigenvalue weighted by molar-refractivity contribution is 5.72. The molecule has 2 N–H and O–H groups in total. The van der Waals surface area contributed by atoms with E-state index in [0.29, 0.717) is 22.6 Å². The average Bonchev–Trinajstić information content (AvgIpc) is 2.70. The van der Waals surface area contributed by atoms with Crippen LogP contribution in [0.4, 0.5) is 34.1 Å². The lowest BCUT2D eigenvalue weighted by Gasteiger charge is -2.07. The number of hydrogen-bond acceptors (Lipinski definition) is 8. The summed E-state index contributed by atoms with van der Waals surface area (Å²) in [6.45, 7) is 1.76. The van der Waals surface area contributed by atoms with Crippen molar-refractivity contribution in [1.82, 2.24) is 0 Å². The summed E-state index contributed by atoms with van der Waals surface area (Å²) in [5.41, 5.74) is 1.75. The molecule has 0 atom stereocenters. The number of non-ortho nitro benzene ring substituents is 1. The molecule has 0 spiro atoms. The van der Waals surface area contributed by atoms with Gasteiger partial charge in [-0.3, -0.25) is 20.2 Å². The molecule has 0 radical (unpaired) electrons. The van der Waals surface area contributed by atoms with Crippen molar-refractivity contribution in [2.75, 3.05) is 5.32 Å². The minimum atomic E-state index is -0.688. The summed E-state index contributed by atoms with van der Waals surface area (Å²) in [7, 11) is 0. The molecule has 0 bridgehead atoms. The van der Waals surface area contributed by atoms with Gasteiger partial charge >= 0.3 is 0 Å². The van der Waals surface area contributed by atoms with E-state index in [2.05, 4.69) is 15.5 Å². The molecule has 10 heteroatoms. The van der Waals surface area contributed by atoms with Gasteiger partial charge in [-0.25, -0.2) is 0 Å². The standard InChI is InChI=1S/C19H15N5O5/c1-12-10-15(6-9-19(12)25)22-21-14-4-2-13(3-5-14)20-17-8-7-16(23(26)27)11-18(17)24(28)29/h2-11,20,25H,1H3. The second kappa shape index (κ2) is 8.13. The van der Waals surface area contributed by atoms with Gasteiger partial charge in [-0.2, -0.15) is 10.2 Å². The van der Waals surface area contributed by atoms with Crippen molar-refractivity contribution < 1.29 is 15.0 Å². The van der Waals surface area contributed by atoms with Crippen LogP contribution in [0.15, 0.2) is 70.9 Å². The molecule has 0 fully saturated rings. The lowest BCUT2D eigenvalue weighted by Crippen LogP contribution is -1.98. The van der Waals surface area contributed by atoms with Crippen LogP contribution >= 0.6 is 0 Å². The topological polar surface area (TPSA) is 143 Å². The largest absolute Gasteiger partial charge is 0.508 e. The Morgan fingerprint density at radius 2 is 1.52 bits per heavy atom. The van der Waals surface area contributed by atoms with E-state index in [1.807, 2.05) is 0 Å². The molecule has 3 aromatic carbocycles. The fourth-order valence-electron chi connectivity index (χ4n) is 2.47. The van der Waals surface area contributed by atoms with Crippen LogP contribution in [0.5, 0.6) is 5.75 Å². The zero-order chi connectivity index (χ0) is 21.0. The van der Waals surface area contributed by atoms with Crippen LogP contribution in [0, 0.1) is 27.2 Å². The first-order valence-electron chi connectivity index (χ1n) is 8.35. The molecular weight excluding hydrogens is 378 g/mol. The van der Waals surface area contributed by atoms with Crippen LogP contribution < -0.4 is 5.32 Å². The van der Waals surface area contributed by atoms with Crippen LogP contribution in [0.1, 0.15) is 5.56 Å². The minimum Gasteiger partial charge on any atom is -0.508 e. The Morgan fingerprint density at radius 1 is 0.862 bits per heavy atom. The van der Waals surface area contributed by atoms with E-state index in [0.717, 1.165) is 6.07 Å². The number of anilines is 2. The predicted octanol–water partition coefficient (Wildman–Crippen LogP) is 5.68. The number of benzene rings is 3.